The van der Waals surface area contributed by atoms with Gasteiger partial charge in [-0.2, -0.15) is 13.2 Å². The molecule has 20 heavy (non-hydrogen) atoms. The Morgan fingerprint density at radius 2 is 1.70 bits per heavy atom. The summed E-state index contributed by atoms with van der Waals surface area (Å²) < 4.78 is 51.5. The van der Waals surface area contributed by atoms with Crippen LogP contribution in [0, 0.1) is 5.82 Å². The van der Waals surface area contributed by atoms with Crippen molar-refractivity contribution in [2.24, 2.45) is 0 Å². The third kappa shape index (κ3) is 2.94. The van der Waals surface area contributed by atoms with Crippen molar-refractivity contribution < 1.29 is 22.7 Å². The van der Waals surface area contributed by atoms with Gasteiger partial charge in [0.1, 0.15) is 11.9 Å². The van der Waals surface area contributed by atoms with E-state index in [-0.39, 0.29) is 16.1 Å². The number of aliphatic hydroxyl groups excluding tert-OH is 1. The Kier molecular flexibility index (Phi) is 4.01. The van der Waals surface area contributed by atoms with Crippen LogP contribution in [-0.2, 0) is 6.18 Å². The smallest absolute Gasteiger partial charge is 0.383 e. The summed E-state index contributed by atoms with van der Waals surface area (Å²) in [6.07, 6.45) is -6.10. The Balaban J connectivity index is 2.46. The van der Waals surface area contributed by atoms with Gasteiger partial charge in [0.15, 0.2) is 0 Å². The van der Waals surface area contributed by atoms with Crippen molar-refractivity contribution in [3.63, 3.8) is 0 Å². The van der Waals surface area contributed by atoms with Gasteiger partial charge in [0.05, 0.1) is 5.56 Å². The monoisotopic (exact) mass is 304 g/mol. The molecule has 0 spiro atoms. The van der Waals surface area contributed by atoms with Crippen LogP contribution < -0.4 is 0 Å². The van der Waals surface area contributed by atoms with E-state index >= 15 is 0 Å². The Hall–Kier alpha value is -1.59. The lowest BCUT2D eigenvalue weighted by atomic mass is 9.99. The van der Waals surface area contributed by atoms with E-state index in [2.05, 4.69) is 0 Å². The molecule has 106 valence electrons. The van der Waals surface area contributed by atoms with Gasteiger partial charge >= 0.3 is 6.18 Å². The average Bonchev–Trinajstić information content (AvgIpc) is 2.37. The molecule has 1 N–H and O–H groups in total. The molecule has 0 aliphatic heterocycles. The fourth-order valence-corrected chi connectivity index (χ4v) is 2.09. The number of hydrogen-bond donors (Lipinski definition) is 1. The summed E-state index contributed by atoms with van der Waals surface area (Å²) >= 11 is 5.78. The Bertz CT molecular complexity index is 605. The molecule has 0 amide bonds. The largest absolute Gasteiger partial charge is 0.416 e. The van der Waals surface area contributed by atoms with E-state index < -0.39 is 23.7 Å². The second-order valence-electron chi connectivity index (χ2n) is 4.16. The zero-order valence-electron chi connectivity index (χ0n) is 9.96. The summed E-state index contributed by atoms with van der Waals surface area (Å²) in [5.74, 6) is -0.776. The minimum Gasteiger partial charge on any atom is -0.383 e. The highest BCUT2D eigenvalue weighted by molar-refractivity contribution is 6.31. The summed E-state index contributed by atoms with van der Waals surface area (Å²) in [6, 6.07) is 7.86. The zero-order chi connectivity index (χ0) is 14.9. The SMILES string of the molecule is OC(c1cccc(C(F)(F)F)c1)c1c(F)cccc1Cl. The molecule has 0 saturated heterocycles. The summed E-state index contributed by atoms with van der Waals surface area (Å²) in [7, 11) is 0. The minimum atomic E-state index is -4.53. The molecular formula is C14H9ClF4O. The molecule has 6 heteroatoms. The standard InChI is InChI=1S/C14H9ClF4O/c15-10-5-2-6-11(16)12(10)13(20)8-3-1-4-9(7-8)14(17,18)19/h1-7,13,20H. The van der Waals surface area contributed by atoms with Crippen molar-refractivity contribution in [1.82, 2.24) is 0 Å². The van der Waals surface area contributed by atoms with Crippen LogP contribution in [-0.4, -0.2) is 5.11 Å². The number of hydrogen-bond acceptors (Lipinski definition) is 1. The Labute approximate surface area is 117 Å². The number of aliphatic hydroxyl groups is 1. The lowest BCUT2D eigenvalue weighted by Crippen LogP contribution is -2.08. The Morgan fingerprint density at radius 3 is 2.30 bits per heavy atom. The minimum absolute atomic E-state index is 0.0464. The van der Waals surface area contributed by atoms with Gasteiger partial charge in [-0.15, -0.1) is 0 Å². The fourth-order valence-electron chi connectivity index (χ4n) is 1.82. The molecule has 1 atom stereocenters. The molecule has 2 rings (SSSR count). The average molecular weight is 305 g/mol. The maximum atomic E-state index is 13.7. The van der Waals surface area contributed by atoms with E-state index in [4.69, 9.17) is 11.6 Å². The van der Waals surface area contributed by atoms with Gasteiger partial charge in [-0.05, 0) is 29.8 Å². The van der Waals surface area contributed by atoms with Crippen LogP contribution in [0.1, 0.15) is 22.8 Å². The molecule has 1 unspecified atom stereocenters. The third-order valence-corrected chi connectivity index (χ3v) is 3.13. The summed E-state index contributed by atoms with van der Waals surface area (Å²) in [6.45, 7) is 0. The van der Waals surface area contributed by atoms with Crippen LogP contribution in [0.15, 0.2) is 42.5 Å². The van der Waals surface area contributed by atoms with Crippen LogP contribution >= 0.6 is 11.6 Å². The van der Waals surface area contributed by atoms with Crippen LogP contribution in [0.2, 0.25) is 5.02 Å². The molecule has 0 aliphatic rings. The molecule has 0 radical (unpaired) electrons. The number of halogens is 5. The summed E-state index contributed by atoms with van der Waals surface area (Å²) in [5, 5.41) is 10.0. The molecule has 0 aliphatic carbocycles. The molecule has 2 aromatic carbocycles. The van der Waals surface area contributed by atoms with Crippen LogP contribution in [0.3, 0.4) is 0 Å². The Morgan fingerprint density at radius 1 is 1.05 bits per heavy atom. The van der Waals surface area contributed by atoms with Crippen LogP contribution in [0.4, 0.5) is 17.6 Å². The molecule has 1 nitrogen and oxygen atoms in total. The van der Waals surface area contributed by atoms with Crippen molar-refractivity contribution in [1.29, 1.82) is 0 Å². The number of rotatable bonds is 2. The predicted octanol–water partition coefficient (Wildman–Crippen LogP) is 4.58. The van der Waals surface area contributed by atoms with Crippen LogP contribution in [0.25, 0.3) is 0 Å². The molecule has 0 bridgehead atoms. The molecule has 0 saturated carbocycles. The summed E-state index contributed by atoms with van der Waals surface area (Å²) in [5.41, 5.74) is -1.23. The first kappa shape index (κ1) is 14.8. The lowest BCUT2D eigenvalue weighted by Gasteiger charge is -2.15. The van der Waals surface area contributed by atoms with Crippen molar-refractivity contribution in [3.8, 4) is 0 Å². The van der Waals surface area contributed by atoms with Gasteiger partial charge in [-0.3, -0.25) is 0 Å². The number of alkyl halides is 3. The van der Waals surface area contributed by atoms with E-state index in [0.717, 1.165) is 24.3 Å². The van der Waals surface area contributed by atoms with Gasteiger partial charge in [-0.25, -0.2) is 4.39 Å². The van der Waals surface area contributed by atoms with E-state index in [0.29, 0.717) is 0 Å². The maximum absolute atomic E-state index is 13.7. The van der Waals surface area contributed by atoms with Gasteiger partial charge in [0.2, 0.25) is 0 Å². The normalized spacial score (nSPS) is 13.3. The molecule has 0 heterocycles. The van der Waals surface area contributed by atoms with E-state index in [1.165, 1.54) is 18.2 Å². The first-order chi connectivity index (χ1) is 9.30. The van der Waals surface area contributed by atoms with Crippen LogP contribution in [0.5, 0.6) is 0 Å². The van der Waals surface area contributed by atoms with Gasteiger partial charge in [0, 0.05) is 10.6 Å². The first-order valence-electron chi connectivity index (χ1n) is 5.60. The molecular weight excluding hydrogens is 296 g/mol. The van der Waals surface area contributed by atoms with Crippen molar-refractivity contribution >= 4 is 11.6 Å². The molecule has 0 fully saturated rings. The van der Waals surface area contributed by atoms with Crippen molar-refractivity contribution in [3.05, 3.63) is 70.0 Å². The highest BCUT2D eigenvalue weighted by Crippen LogP contribution is 2.34. The maximum Gasteiger partial charge on any atom is 0.416 e. The second-order valence-corrected chi connectivity index (χ2v) is 4.57. The van der Waals surface area contributed by atoms with Crippen molar-refractivity contribution in [2.45, 2.75) is 12.3 Å². The van der Waals surface area contributed by atoms with E-state index in [1.807, 2.05) is 0 Å². The van der Waals surface area contributed by atoms with Gasteiger partial charge < -0.3 is 5.11 Å². The highest BCUT2D eigenvalue weighted by Gasteiger charge is 2.31. The van der Waals surface area contributed by atoms with E-state index in [1.54, 1.807) is 0 Å². The van der Waals surface area contributed by atoms with E-state index in [9.17, 15) is 22.7 Å². The predicted molar refractivity (Wildman–Crippen MR) is 66.9 cm³/mol. The van der Waals surface area contributed by atoms with Gasteiger partial charge in [0.25, 0.3) is 0 Å². The second kappa shape index (κ2) is 5.42. The fraction of sp³-hybridized carbons (Fsp3) is 0.143. The quantitative estimate of drug-likeness (QED) is 0.805. The summed E-state index contributed by atoms with van der Waals surface area (Å²) in [4.78, 5) is 0. The zero-order valence-corrected chi connectivity index (χ0v) is 10.7. The highest BCUT2D eigenvalue weighted by atomic mass is 35.5. The topological polar surface area (TPSA) is 20.2 Å². The third-order valence-electron chi connectivity index (χ3n) is 2.80. The molecule has 0 aromatic heterocycles. The van der Waals surface area contributed by atoms with Gasteiger partial charge in [-0.1, -0.05) is 29.8 Å². The number of benzene rings is 2. The molecule has 2 aromatic rings. The first-order valence-corrected chi connectivity index (χ1v) is 5.97. The lowest BCUT2D eigenvalue weighted by molar-refractivity contribution is -0.137. The van der Waals surface area contributed by atoms with Crippen molar-refractivity contribution in [2.75, 3.05) is 0 Å².